The molecular formula is C15H16ClFN2O4. The molecule has 124 valence electrons. The number of amides is 3. The van der Waals surface area contributed by atoms with Gasteiger partial charge in [-0.3, -0.25) is 14.5 Å². The molecule has 1 aliphatic heterocycles. The van der Waals surface area contributed by atoms with Crippen LogP contribution in [0.15, 0.2) is 18.2 Å². The van der Waals surface area contributed by atoms with Gasteiger partial charge >= 0.3 is 12.0 Å². The first-order chi connectivity index (χ1) is 10.8. The van der Waals surface area contributed by atoms with Gasteiger partial charge in [0.25, 0.3) is 5.91 Å². The van der Waals surface area contributed by atoms with Gasteiger partial charge in [0, 0.05) is 13.0 Å². The van der Waals surface area contributed by atoms with Crippen LogP contribution in [0.5, 0.6) is 0 Å². The third-order valence-electron chi connectivity index (χ3n) is 3.76. The minimum atomic E-state index is -1.32. The van der Waals surface area contributed by atoms with Gasteiger partial charge in [-0.05, 0) is 31.0 Å². The number of carbonyl (C=O) groups excluding carboxylic acids is 3. The van der Waals surface area contributed by atoms with Crippen LogP contribution in [0.3, 0.4) is 0 Å². The highest BCUT2D eigenvalue weighted by molar-refractivity contribution is 6.30. The maximum absolute atomic E-state index is 13.3. The van der Waals surface area contributed by atoms with Gasteiger partial charge in [-0.15, -0.1) is 0 Å². The lowest BCUT2D eigenvalue weighted by Crippen LogP contribution is -2.41. The molecule has 1 aromatic rings. The summed E-state index contributed by atoms with van der Waals surface area (Å²) in [6.07, 6.45) is 0.402. The van der Waals surface area contributed by atoms with Gasteiger partial charge in [0.05, 0.1) is 12.1 Å². The molecule has 23 heavy (non-hydrogen) atoms. The number of methoxy groups -OCH3 is 1. The quantitative estimate of drug-likeness (QED) is 0.657. The molecule has 6 nitrogen and oxygen atoms in total. The van der Waals surface area contributed by atoms with E-state index in [1.54, 1.807) is 0 Å². The Morgan fingerprint density at radius 2 is 2.13 bits per heavy atom. The summed E-state index contributed by atoms with van der Waals surface area (Å²) in [5.74, 6) is -1.49. The van der Waals surface area contributed by atoms with Crippen molar-refractivity contribution >= 4 is 29.5 Å². The van der Waals surface area contributed by atoms with Crippen molar-refractivity contribution < 1.29 is 23.5 Å². The summed E-state index contributed by atoms with van der Waals surface area (Å²) in [4.78, 5) is 36.7. The van der Waals surface area contributed by atoms with Gasteiger partial charge in [-0.1, -0.05) is 17.7 Å². The summed E-state index contributed by atoms with van der Waals surface area (Å²) in [7, 11) is 1.27. The van der Waals surface area contributed by atoms with E-state index in [2.05, 4.69) is 10.1 Å². The Morgan fingerprint density at radius 1 is 1.43 bits per heavy atom. The molecule has 1 N–H and O–H groups in total. The molecule has 3 amide bonds. The number of halogens is 2. The average molecular weight is 343 g/mol. The Balaban J connectivity index is 2.15. The monoisotopic (exact) mass is 342 g/mol. The Bertz CT molecular complexity index is 667. The summed E-state index contributed by atoms with van der Waals surface area (Å²) >= 11 is 5.75. The molecule has 8 heteroatoms. The van der Waals surface area contributed by atoms with E-state index in [0.717, 1.165) is 11.0 Å². The number of hydrogen-bond donors (Lipinski definition) is 1. The highest BCUT2D eigenvalue weighted by Gasteiger charge is 2.48. The van der Waals surface area contributed by atoms with Gasteiger partial charge in [-0.2, -0.15) is 0 Å². The molecule has 0 spiro atoms. The zero-order valence-electron chi connectivity index (χ0n) is 12.7. The minimum Gasteiger partial charge on any atom is -0.469 e. The number of rotatable bonds is 5. The molecule has 1 heterocycles. The second-order valence-corrected chi connectivity index (χ2v) is 5.73. The first-order valence-corrected chi connectivity index (χ1v) is 7.34. The van der Waals surface area contributed by atoms with Crippen LogP contribution >= 0.6 is 11.6 Å². The van der Waals surface area contributed by atoms with E-state index in [0.29, 0.717) is 12.0 Å². The van der Waals surface area contributed by atoms with E-state index in [4.69, 9.17) is 11.6 Å². The van der Waals surface area contributed by atoms with Crippen LogP contribution in [0.4, 0.5) is 9.18 Å². The van der Waals surface area contributed by atoms with Crippen molar-refractivity contribution in [3.05, 3.63) is 34.6 Å². The van der Waals surface area contributed by atoms with Gasteiger partial charge in [0.2, 0.25) is 0 Å². The van der Waals surface area contributed by atoms with E-state index in [1.807, 2.05) is 0 Å². The lowest BCUT2D eigenvalue weighted by Gasteiger charge is -2.22. The largest absolute Gasteiger partial charge is 0.469 e. The van der Waals surface area contributed by atoms with Crippen molar-refractivity contribution in [1.82, 2.24) is 10.2 Å². The number of ether oxygens (including phenoxy) is 1. The number of benzene rings is 1. The molecule has 0 saturated carbocycles. The van der Waals surface area contributed by atoms with E-state index in [9.17, 15) is 18.8 Å². The molecule has 2 rings (SSSR count). The molecule has 0 unspecified atom stereocenters. The number of imide groups is 1. The van der Waals surface area contributed by atoms with Gasteiger partial charge in [0.1, 0.15) is 11.4 Å². The molecule has 0 radical (unpaired) electrons. The SMILES string of the molecule is COC(=O)CCCN1C(=O)N[C@](C)(c2ccc(F)c(Cl)c2)C1=O. The molecule has 1 saturated heterocycles. The topological polar surface area (TPSA) is 75.7 Å². The summed E-state index contributed by atoms with van der Waals surface area (Å²) in [6, 6.07) is 3.29. The summed E-state index contributed by atoms with van der Waals surface area (Å²) in [6.45, 7) is 1.61. The van der Waals surface area contributed by atoms with Gasteiger partial charge in [0.15, 0.2) is 0 Å². The summed E-state index contributed by atoms with van der Waals surface area (Å²) in [5, 5.41) is 2.46. The number of hydrogen-bond acceptors (Lipinski definition) is 4. The molecule has 0 aliphatic carbocycles. The zero-order valence-corrected chi connectivity index (χ0v) is 13.4. The standard InChI is InChI=1S/C15H16ClFN2O4/c1-15(9-5-6-11(17)10(16)8-9)13(21)19(14(22)18-15)7-3-4-12(20)23-2/h5-6,8H,3-4,7H2,1-2H3,(H,18,22)/t15-/m1/s1. The molecule has 0 bridgehead atoms. The van der Waals surface area contributed by atoms with Crippen LogP contribution in [0, 0.1) is 5.82 Å². The van der Waals surface area contributed by atoms with Crippen LogP contribution in [0.2, 0.25) is 5.02 Å². The van der Waals surface area contributed by atoms with E-state index in [-0.39, 0.29) is 18.0 Å². The fourth-order valence-corrected chi connectivity index (χ4v) is 2.57. The molecule has 1 fully saturated rings. The Kier molecular flexibility index (Phi) is 4.89. The first-order valence-electron chi connectivity index (χ1n) is 6.96. The highest BCUT2D eigenvalue weighted by atomic mass is 35.5. The normalized spacial score (nSPS) is 20.6. The van der Waals surface area contributed by atoms with E-state index in [1.165, 1.54) is 26.2 Å². The first kappa shape index (κ1) is 17.2. The van der Waals surface area contributed by atoms with Crippen LogP contribution in [-0.2, 0) is 19.9 Å². The third-order valence-corrected chi connectivity index (χ3v) is 4.05. The number of urea groups is 1. The van der Waals surface area contributed by atoms with Crippen LogP contribution in [0.1, 0.15) is 25.3 Å². The molecule has 0 aromatic heterocycles. The fraction of sp³-hybridized carbons (Fsp3) is 0.400. The van der Waals surface area contributed by atoms with Crippen molar-refractivity contribution in [2.75, 3.05) is 13.7 Å². The van der Waals surface area contributed by atoms with Crippen molar-refractivity contribution in [2.45, 2.75) is 25.3 Å². The van der Waals surface area contributed by atoms with E-state index >= 15 is 0 Å². The zero-order chi connectivity index (χ0) is 17.2. The Labute approximate surface area is 137 Å². The van der Waals surface area contributed by atoms with Crippen LogP contribution in [0.25, 0.3) is 0 Å². The van der Waals surface area contributed by atoms with Crippen molar-refractivity contribution in [1.29, 1.82) is 0 Å². The van der Waals surface area contributed by atoms with Crippen molar-refractivity contribution in [3.8, 4) is 0 Å². The number of nitrogens with zero attached hydrogens (tertiary/aromatic N) is 1. The molecule has 1 aromatic carbocycles. The Morgan fingerprint density at radius 3 is 2.74 bits per heavy atom. The number of nitrogens with one attached hydrogen (secondary N) is 1. The van der Waals surface area contributed by atoms with Crippen LogP contribution < -0.4 is 5.32 Å². The summed E-state index contributed by atoms with van der Waals surface area (Å²) in [5.41, 5.74) is -0.933. The molecule has 1 aliphatic rings. The summed E-state index contributed by atoms with van der Waals surface area (Å²) < 4.78 is 17.8. The lowest BCUT2D eigenvalue weighted by atomic mass is 9.92. The second kappa shape index (κ2) is 6.54. The average Bonchev–Trinajstić information content (AvgIpc) is 2.73. The predicted octanol–water partition coefficient (Wildman–Crippen LogP) is 2.20. The fourth-order valence-electron chi connectivity index (χ4n) is 2.39. The van der Waals surface area contributed by atoms with Crippen molar-refractivity contribution in [2.24, 2.45) is 0 Å². The van der Waals surface area contributed by atoms with Gasteiger partial charge < -0.3 is 10.1 Å². The smallest absolute Gasteiger partial charge is 0.325 e. The second-order valence-electron chi connectivity index (χ2n) is 5.32. The maximum Gasteiger partial charge on any atom is 0.325 e. The number of carbonyl (C=O) groups is 3. The Hall–Kier alpha value is -2.15. The van der Waals surface area contributed by atoms with Crippen molar-refractivity contribution in [3.63, 3.8) is 0 Å². The third kappa shape index (κ3) is 3.29. The lowest BCUT2D eigenvalue weighted by molar-refractivity contribution is -0.141. The maximum atomic E-state index is 13.3. The predicted molar refractivity (Wildman–Crippen MR) is 80.3 cm³/mol. The van der Waals surface area contributed by atoms with Gasteiger partial charge in [-0.25, -0.2) is 9.18 Å². The van der Waals surface area contributed by atoms with E-state index < -0.39 is 29.3 Å². The van der Waals surface area contributed by atoms with Crippen LogP contribution in [-0.4, -0.2) is 36.5 Å². The number of esters is 1. The molecular weight excluding hydrogens is 327 g/mol. The highest BCUT2D eigenvalue weighted by Crippen LogP contribution is 2.31. The molecule has 1 atom stereocenters. The minimum absolute atomic E-state index is 0.0876.